The van der Waals surface area contributed by atoms with Gasteiger partial charge in [-0.1, -0.05) is 24.3 Å². The van der Waals surface area contributed by atoms with Crippen LogP contribution in [0, 0.1) is 0 Å². The number of carbonyl (C=O) groups is 1. The smallest absolute Gasteiger partial charge is 0.336 e. The summed E-state index contributed by atoms with van der Waals surface area (Å²) in [5.74, 6) is -0.910. The quantitative estimate of drug-likeness (QED) is 0.754. The zero-order chi connectivity index (χ0) is 13.2. The van der Waals surface area contributed by atoms with Crippen LogP contribution in [-0.2, 0) is 0 Å². The normalized spacial score (nSPS) is 10.5. The van der Waals surface area contributed by atoms with Gasteiger partial charge in [0.05, 0.1) is 5.56 Å². The van der Waals surface area contributed by atoms with Crippen molar-refractivity contribution in [2.75, 3.05) is 0 Å². The topological polar surface area (TPSA) is 50.2 Å². The van der Waals surface area contributed by atoms with Crippen molar-refractivity contribution in [2.24, 2.45) is 0 Å². The van der Waals surface area contributed by atoms with Crippen molar-refractivity contribution < 1.29 is 9.90 Å². The molecule has 3 nitrogen and oxygen atoms in total. The van der Waals surface area contributed by atoms with Crippen molar-refractivity contribution in [3.8, 4) is 11.1 Å². The minimum Gasteiger partial charge on any atom is -0.478 e. The first-order valence-corrected chi connectivity index (χ1v) is 5.92. The summed E-state index contributed by atoms with van der Waals surface area (Å²) < 4.78 is 0. The van der Waals surface area contributed by atoms with Gasteiger partial charge in [-0.15, -0.1) is 0 Å². The molecule has 2 aromatic carbocycles. The van der Waals surface area contributed by atoms with E-state index in [4.69, 9.17) is 0 Å². The van der Waals surface area contributed by atoms with E-state index in [1.54, 1.807) is 18.5 Å². The molecule has 1 heterocycles. The van der Waals surface area contributed by atoms with Crippen LogP contribution in [0.15, 0.2) is 60.9 Å². The number of carboxylic acids is 1. The zero-order valence-electron chi connectivity index (χ0n) is 10.1. The van der Waals surface area contributed by atoms with Crippen LogP contribution in [-0.4, -0.2) is 16.1 Å². The SMILES string of the molecule is O=C(O)c1cc(-c2ccncc2)cc2ccccc12. The molecule has 3 aromatic rings. The largest absolute Gasteiger partial charge is 0.478 e. The highest BCUT2D eigenvalue weighted by Gasteiger charge is 2.10. The lowest BCUT2D eigenvalue weighted by molar-refractivity contribution is 0.0699. The second-order valence-electron chi connectivity index (χ2n) is 4.29. The predicted molar refractivity (Wildman–Crippen MR) is 74.1 cm³/mol. The first-order valence-electron chi connectivity index (χ1n) is 5.92. The first kappa shape index (κ1) is 11.4. The van der Waals surface area contributed by atoms with E-state index in [0.717, 1.165) is 21.9 Å². The van der Waals surface area contributed by atoms with Crippen LogP contribution in [0.4, 0.5) is 0 Å². The van der Waals surface area contributed by atoms with Gasteiger partial charge >= 0.3 is 5.97 Å². The number of carboxylic acid groups (broad SMARTS) is 1. The molecule has 0 spiro atoms. The number of hydrogen-bond donors (Lipinski definition) is 1. The highest BCUT2D eigenvalue weighted by molar-refractivity contribution is 6.05. The van der Waals surface area contributed by atoms with Crippen molar-refractivity contribution in [3.05, 3.63) is 66.5 Å². The van der Waals surface area contributed by atoms with E-state index in [1.807, 2.05) is 42.5 Å². The lowest BCUT2D eigenvalue weighted by Gasteiger charge is -2.07. The Hall–Kier alpha value is -2.68. The molecule has 0 aliphatic heterocycles. The maximum atomic E-state index is 11.4. The molecule has 0 saturated heterocycles. The molecule has 0 saturated carbocycles. The Labute approximate surface area is 110 Å². The second-order valence-corrected chi connectivity index (χ2v) is 4.29. The molecule has 0 aliphatic rings. The molecule has 0 aliphatic carbocycles. The van der Waals surface area contributed by atoms with E-state index in [1.165, 1.54) is 0 Å². The monoisotopic (exact) mass is 249 g/mol. The fourth-order valence-corrected chi connectivity index (χ4v) is 2.20. The van der Waals surface area contributed by atoms with Crippen molar-refractivity contribution >= 4 is 16.7 Å². The van der Waals surface area contributed by atoms with Gasteiger partial charge in [-0.05, 0) is 46.2 Å². The van der Waals surface area contributed by atoms with Crippen molar-refractivity contribution in [2.45, 2.75) is 0 Å². The Morgan fingerprint density at radius 3 is 2.42 bits per heavy atom. The van der Waals surface area contributed by atoms with Gasteiger partial charge in [0.15, 0.2) is 0 Å². The summed E-state index contributed by atoms with van der Waals surface area (Å²) in [5.41, 5.74) is 2.17. The van der Waals surface area contributed by atoms with Crippen molar-refractivity contribution in [1.29, 1.82) is 0 Å². The van der Waals surface area contributed by atoms with Crippen LogP contribution in [0.3, 0.4) is 0 Å². The van der Waals surface area contributed by atoms with Gasteiger partial charge < -0.3 is 5.11 Å². The summed E-state index contributed by atoms with van der Waals surface area (Å²) in [6.45, 7) is 0. The van der Waals surface area contributed by atoms with Crippen LogP contribution >= 0.6 is 0 Å². The molecule has 0 atom stereocenters. The highest BCUT2D eigenvalue weighted by atomic mass is 16.4. The van der Waals surface area contributed by atoms with Crippen LogP contribution in [0.1, 0.15) is 10.4 Å². The third-order valence-electron chi connectivity index (χ3n) is 3.11. The van der Waals surface area contributed by atoms with E-state index in [2.05, 4.69) is 4.98 Å². The van der Waals surface area contributed by atoms with E-state index in [9.17, 15) is 9.90 Å². The van der Waals surface area contributed by atoms with Gasteiger partial charge in [-0.2, -0.15) is 0 Å². The fourth-order valence-electron chi connectivity index (χ4n) is 2.20. The molecular weight excluding hydrogens is 238 g/mol. The van der Waals surface area contributed by atoms with E-state index in [0.29, 0.717) is 5.56 Å². The fraction of sp³-hybridized carbons (Fsp3) is 0. The lowest BCUT2D eigenvalue weighted by Crippen LogP contribution is -1.98. The van der Waals surface area contributed by atoms with Crippen molar-refractivity contribution in [1.82, 2.24) is 4.98 Å². The lowest BCUT2D eigenvalue weighted by atomic mass is 9.97. The number of benzene rings is 2. The minimum absolute atomic E-state index is 0.324. The Bertz CT molecular complexity index is 751. The number of nitrogens with zero attached hydrogens (tertiary/aromatic N) is 1. The van der Waals surface area contributed by atoms with Gasteiger partial charge in [0.25, 0.3) is 0 Å². The van der Waals surface area contributed by atoms with Gasteiger partial charge in [-0.3, -0.25) is 4.98 Å². The molecule has 0 fully saturated rings. The number of hydrogen-bond acceptors (Lipinski definition) is 2. The summed E-state index contributed by atoms with van der Waals surface area (Å²) in [7, 11) is 0. The molecule has 0 amide bonds. The molecule has 3 rings (SSSR count). The summed E-state index contributed by atoms with van der Waals surface area (Å²) in [6, 6.07) is 15.0. The van der Waals surface area contributed by atoms with Crippen molar-refractivity contribution in [3.63, 3.8) is 0 Å². The molecule has 3 heteroatoms. The number of fused-ring (bicyclic) bond motifs is 1. The molecule has 0 unspecified atom stereocenters. The van der Waals surface area contributed by atoms with Gasteiger partial charge in [-0.25, -0.2) is 4.79 Å². The minimum atomic E-state index is -0.910. The standard InChI is InChI=1S/C16H11NO2/c18-16(19)15-10-13(11-5-7-17-8-6-11)9-12-3-1-2-4-14(12)15/h1-10H,(H,18,19). The van der Waals surface area contributed by atoms with Gasteiger partial charge in [0.1, 0.15) is 0 Å². The Morgan fingerprint density at radius 2 is 1.68 bits per heavy atom. The molecule has 1 N–H and O–H groups in total. The Kier molecular flexibility index (Phi) is 2.72. The molecule has 1 aromatic heterocycles. The summed E-state index contributed by atoms with van der Waals surface area (Å²) in [5, 5.41) is 11.0. The Morgan fingerprint density at radius 1 is 0.947 bits per heavy atom. The first-order chi connectivity index (χ1) is 9.25. The predicted octanol–water partition coefficient (Wildman–Crippen LogP) is 3.60. The van der Waals surface area contributed by atoms with Crippen LogP contribution in [0.25, 0.3) is 21.9 Å². The number of aromatic carboxylic acids is 1. The van der Waals surface area contributed by atoms with E-state index < -0.39 is 5.97 Å². The van der Waals surface area contributed by atoms with Crippen LogP contribution in [0.5, 0.6) is 0 Å². The van der Waals surface area contributed by atoms with Crippen LogP contribution < -0.4 is 0 Å². The maximum Gasteiger partial charge on any atom is 0.336 e. The average molecular weight is 249 g/mol. The van der Waals surface area contributed by atoms with E-state index in [-0.39, 0.29) is 0 Å². The van der Waals surface area contributed by atoms with Gasteiger partial charge in [0, 0.05) is 12.4 Å². The number of aromatic nitrogens is 1. The molecule has 19 heavy (non-hydrogen) atoms. The molecule has 92 valence electrons. The van der Waals surface area contributed by atoms with Gasteiger partial charge in [0.2, 0.25) is 0 Å². The molecule has 0 bridgehead atoms. The Balaban J connectivity index is 2.31. The number of rotatable bonds is 2. The summed E-state index contributed by atoms with van der Waals surface area (Å²) in [4.78, 5) is 15.4. The molecular formula is C16H11NO2. The third kappa shape index (κ3) is 2.06. The number of pyridine rings is 1. The van der Waals surface area contributed by atoms with Crippen LogP contribution in [0.2, 0.25) is 0 Å². The summed E-state index contributed by atoms with van der Waals surface area (Å²) >= 11 is 0. The maximum absolute atomic E-state index is 11.4. The summed E-state index contributed by atoms with van der Waals surface area (Å²) in [6.07, 6.45) is 3.40. The molecule has 0 radical (unpaired) electrons. The average Bonchev–Trinajstić information content (AvgIpc) is 2.47. The highest BCUT2D eigenvalue weighted by Crippen LogP contribution is 2.27. The second kappa shape index (κ2) is 4.53. The zero-order valence-corrected chi connectivity index (χ0v) is 10.1. The van der Waals surface area contributed by atoms with E-state index >= 15 is 0 Å². The third-order valence-corrected chi connectivity index (χ3v) is 3.11.